The van der Waals surface area contributed by atoms with E-state index in [0.29, 0.717) is 25.7 Å². The summed E-state index contributed by atoms with van der Waals surface area (Å²) in [7, 11) is 0. The van der Waals surface area contributed by atoms with Gasteiger partial charge < -0.3 is 14.6 Å². The Morgan fingerprint density at radius 3 is 2.61 bits per heavy atom. The van der Waals surface area contributed by atoms with Crippen LogP contribution in [0.5, 0.6) is 0 Å². The van der Waals surface area contributed by atoms with Crippen LogP contribution in [-0.2, 0) is 9.53 Å². The number of nitrogens with zero attached hydrogens (tertiary/aromatic N) is 1. The van der Waals surface area contributed by atoms with Gasteiger partial charge in [-0.25, -0.2) is 0 Å². The maximum Gasteiger partial charge on any atom is 0.401 e. The molecular weight excluding hydrogens is 251 g/mol. The van der Waals surface area contributed by atoms with Gasteiger partial charge in [0.15, 0.2) is 0 Å². The summed E-state index contributed by atoms with van der Waals surface area (Å²) in [6, 6.07) is 0. The van der Waals surface area contributed by atoms with Crippen molar-refractivity contribution < 1.29 is 27.8 Å². The molecule has 1 rings (SSSR count). The average Bonchev–Trinajstić information content (AvgIpc) is 2.28. The van der Waals surface area contributed by atoms with Crippen LogP contribution >= 0.6 is 0 Å². The number of hydrogen-bond acceptors (Lipinski definition) is 4. The monoisotopic (exact) mass is 269 g/mol. The molecule has 0 aromatic carbocycles. The van der Waals surface area contributed by atoms with Gasteiger partial charge in [-0.3, -0.25) is 4.90 Å². The van der Waals surface area contributed by atoms with E-state index in [1.54, 1.807) is 0 Å². The van der Waals surface area contributed by atoms with E-state index in [4.69, 9.17) is 9.84 Å². The number of rotatable bonds is 6. The van der Waals surface area contributed by atoms with E-state index in [9.17, 15) is 18.0 Å². The van der Waals surface area contributed by atoms with E-state index in [-0.39, 0.29) is 26.3 Å². The van der Waals surface area contributed by atoms with E-state index in [1.165, 1.54) is 0 Å². The number of carbonyl (C=O) groups is 1. The zero-order valence-electron chi connectivity index (χ0n) is 10.1. The second kappa shape index (κ2) is 6.49. The number of aliphatic hydroxyl groups is 1. The summed E-state index contributed by atoms with van der Waals surface area (Å²) < 4.78 is 42.3. The molecule has 7 heteroatoms. The number of alkyl halides is 3. The van der Waals surface area contributed by atoms with Crippen LogP contribution in [-0.4, -0.2) is 61.9 Å². The second-order valence-electron chi connectivity index (χ2n) is 4.69. The maximum atomic E-state index is 12.4. The molecule has 0 radical (unpaired) electrons. The predicted molar refractivity (Wildman–Crippen MR) is 58.1 cm³/mol. The molecule has 0 spiro atoms. The fourth-order valence-corrected chi connectivity index (χ4v) is 2.18. The van der Waals surface area contributed by atoms with Crippen molar-refractivity contribution in [3.63, 3.8) is 0 Å². The molecule has 1 heterocycles. The lowest BCUT2D eigenvalue weighted by Crippen LogP contribution is -2.47. The Hall–Kier alpha value is -0.660. The minimum absolute atomic E-state index is 0.0312. The van der Waals surface area contributed by atoms with E-state index in [2.05, 4.69) is 0 Å². The van der Waals surface area contributed by atoms with Crippen molar-refractivity contribution in [3.8, 4) is 0 Å². The molecule has 0 amide bonds. The Morgan fingerprint density at radius 1 is 1.44 bits per heavy atom. The molecule has 0 bridgehead atoms. The Kier molecular flexibility index (Phi) is 5.55. The lowest BCUT2D eigenvalue weighted by atomic mass is 9.83. The summed E-state index contributed by atoms with van der Waals surface area (Å²) >= 11 is 0. The van der Waals surface area contributed by atoms with Gasteiger partial charge in [-0.15, -0.1) is 0 Å². The van der Waals surface area contributed by atoms with Gasteiger partial charge in [-0.05, 0) is 12.8 Å². The summed E-state index contributed by atoms with van der Waals surface area (Å²) in [4.78, 5) is 12.2. The Balaban J connectivity index is 2.64. The van der Waals surface area contributed by atoms with Crippen LogP contribution in [0.25, 0.3) is 0 Å². The summed E-state index contributed by atoms with van der Waals surface area (Å²) in [6.45, 7) is -0.939. The molecule has 1 atom stereocenters. The SMILES string of the molecule is O=CC1(CN(CCO)CC(F)(F)F)CCCOC1. The lowest BCUT2D eigenvalue weighted by molar-refractivity contribution is -0.155. The number of hydrogen-bond donors (Lipinski definition) is 1. The Labute approximate surface area is 104 Å². The number of aldehydes is 1. The van der Waals surface area contributed by atoms with Crippen molar-refractivity contribution in [2.24, 2.45) is 5.41 Å². The summed E-state index contributed by atoms with van der Waals surface area (Å²) in [6.07, 6.45) is -2.46. The third kappa shape index (κ3) is 4.91. The zero-order valence-corrected chi connectivity index (χ0v) is 10.1. The molecule has 0 saturated carbocycles. The quantitative estimate of drug-likeness (QED) is 0.726. The normalized spacial score (nSPS) is 25.4. The van der Waals surface area contributed by atoms with Crippen LogP contribution < -0.4 is 0 Å². The molecule has 1 unspecified atom stereocenters. The molecule has 1 fully saturated rings. The Morgan fingerprint density at radius 2 is 2.17 bits per heavy atom. The highest BCUT2D eigenvalue weighted by atomic mass is 19.4. The minimum Gasteiger partial charge on any atom is -0.395 e. The van der Waals surface area contributed by atoms with Gasteiger partial charge in [-0.2, -0.15) is 13.2 Å². The number of aliphatic hydroxyl groups excluding tert-OH is 1. The minimum atomic E-state index is -4.34. The first-order valence-corrected chi connectivity index (χ1v) is 5.85. The van der Waals surface area contributed by atoms with E-state index >= 15 is 0 Å². The standard InChI is InChI=1S/C11H18F3NO3/c12-11(13,14)7-15(3-4-16)6-10(8-17)2-1-5-18-9-10/h8,16H,1-7,9H2. The van der Waals surface area contributed by atoms with Gasteiger partial charge in [0, 0.05) is 19.7 Å². The zero-order chi connectivity index (χ0) is 13.6. The first kappa shape index (κ1) is 15.4. The molecule has 1 N–H and O–H groups in total. The van der Waals surface area contributed by atoms with Crippen LogP contribution in [0.15, 0.2) is 0 Å². The predicted octanol–water partition coefficient (Wildman–Crippen LogP) is 0.839. The topological polar surface area (TPSA) is 49.8 Å². The van der Waals surface area contributed by atoms with E-state index < -0.39 is 18.1 Å². The van der Waals surface area contributed by atoms with Crippen molar-refractivity contribution in [1.82, 2.24) is 4.90 Å². The Bertz CT molecular complexity index is 265. The average molecular weight is 269 g/mol. The van der Waals surface area contributed by atoms with Gasteiger partial charge in [0.2, 0.25) is 0 Å². The third-order valence-corrected chi connectivity index (χ3v) is 2.96. The molecule has 18 heavy (non-hydrogen) atoms. The van der Waals surface area contributed by atoms with Gasteiger partial charge in [0.25, 0.3) is 0 Å². The highest BCUT2D eigenvalue weighted by molar-refractivity contribution is 5.60. The molecular formula is C11H18F3NO3. The van der Waals surface area contributed by atoms with Crippen LogP contribution in [0, 0.1) is 5.41 Å². The number of halogens is 3. The number of ether oxygens (including phenoxy) is 1. The van der Waals surface area contributed by atoms with Crippen molar-refractivity contribution in [1.29, 1.82) is 0 Å². The van der Waals surface area contributed by atoms with Gasteiger partial charge >= 0.3 is 6.18 Å². The van der Waals surface area contributed by atoms with Crippen molar-refractivity contribution >= 4 is 6.29 Å². The molecule has 4 nitrogen and oxygen atoms in total. The molecule has 1 aliphatic heterocycles. The van der Waals surface area contributed by atoms with Crippen LogP contribution in [0.2, 0.25) is 0 Å². The highest BCUT2D eigenvalue weighted by Crippen LogP contribution is 2.28. The molecule has 0 aromatic rings. The van der Waals surface area contributed by atoms with Crippen molar-refractivity contribution in [2.45, 2.75) is 19.0 Å². The fourth-order valence-electron chi connectivity index (χ4n) is 2.18. The van der Waals surface area contributed by atoms with Gasteiger partial charge in [0.05, 0.1) is 25.2 Å². The summed E-state index contributed by atoms with van der Waals surface area (Å²) in [5.74, 6) is 0. The number of carbonyl (C=O) groups excluding carboxylic acids is 1. The van der Waals surface area contributed by atoms with E-state index in [1.807, 2.05) is 0 Å². The first-order chi connectivity index (χ1) is 8.41. The first-order valence-electron chi connectivity index (χ1n) is 5.85. The summed E-state index contributed by atoms with van der Waals surface area (Å²) in [5.41, 5.74) is -0.876. The van der Waals surface area contributed by atoms with Gasteiger partial charge in [0.1, 0.15) is 6.29 Å². The highest BCUT2D eigenvalue weighted by Gasteiger charge is 2.38. The third-order valence-electron chi connectivity index (χ3n) is 2.96. The second-order valence-corrected chi connectivity index (χ2v) is 4.69. The lowest BCUT2D eigenvalue weighted by Gasteiger charge is -2.36. The van der Waals surface area contributed by atoms with Crippen LogP contribution in [0.3, 0.4) is 0 Å². The van der Waals surface area contributed by atoms with Crippen molar-refractivity contribution in [3.05, 3.63) is 0 Å². The van der Waals surface area contributed by atoms with Crippen LogP contribution in [0.4, 0.5) is 13.2 Å². The largest absolute Gasteiger partial charge is 0.401 e. The van der Waals surface area contributed by atoms with Crippen molar-refractivity contribution in [2.75, 3.05) is 39.5 Å². The smallest absolute Gasteiger partial charge is 0.395 e. The summed E-state index contributed by atoms with van der Waals surface area (Å²) in [5, 5.41) is 8.79. The maximum absolute atomic E-state index is 12.4. The van der Waals surface area contributed by atoms with Crippen LogP contribution in [0.1, 0.15) is 12.8 Å². The molecule has 0 aliphatic carbocycles. The van der Waals surface area contributed by atoms with Gasteiger partial charge in [-0.1, -0.05) is 0 Å². The molecule has 106 valence electrons. The molecule has 1 saturated heterocycles. The fraction of sp³-hybridized carbons (Fsp3) is 0.909. The molecule has 0 aromatic heterocycles. The molecule has 1 aliphatic rings. The van der Waals surface area contributed by atoms with E-state index in [0.717, 1.165) is 4.90 Å².